The Balaban J connectivity index is 1.96. The van der Waals surface area contributed by atoms with E-state index in [0.29, 0.717) is 5.84 Å². The van der Waals surface area contributed by atoms with Crippen LogP contribution in [0.1, 0.15) is 25.7 Å². The normalized spacial score (nSPS) is 17.4. The summed E-state index contributed by atoms with van der Waals surface area (Å²) < 4.78 is 0. The molecular weight excluding hydrogens is 114 g/mol. The molecule has 1 saturated carbocycles. The fourth-order valence-electron chi connectivity index (χ4n) is 0.827. The number of hydrogen-bond donors (Lipinski definition) is 3. The summed E-state index contributed by atoms with van der Waals surface area (Å²) in [5.74, 6) is 6.37. The number of nitrogens with two attached hydrogens (primary N) is 1. The van der Waals surface area contributed by atoms with E-state index in [1.165, 1.54) is 12.8 Å². The van der Waals surface area contributed by atoms with Gasteiger partial charge in [0, 0.05) is 6.42 Å². The van der Waals surface area contributed by atoms with Gasteiger partial charge in [0.05, 0.1) is 0 Å². The van der Waals surface area contributed by atoms with Gasteiger partial charge in [0.1, 0.15) is 5.84 Å². The summed E-state index contributed by atoms with van der Waals surface area (Å²) in [6, 6.07) is 0. The van der Waals surface area contributed by atoms with Gasteiger partial charge in [-0.1, -0.05) is 12.8 Å². The zero-order valence-corrected chi connectivity index (χ0v) is 5.48. The van der Waals surface area contributed by atoms with Crippen LogP contribution in [0.25, 0.3) is 0 Å². The molecule has 9 heavy (non-hydrogen) atoms. The molecule has 1 aliphatic rings. The summed E-state index contributed by atoms with van der Waals surface area (Å²) in [4.78, 5) is 0. The predicted octanol–water partition coefficient (Wildman–Crippen LogP) is 0.617. The second kappa shape index (κ2) is 2.82. The highest BCUT2D eigenvalue weighted by atomic mass is 15.2. The third-order valence-corrected chi connectivity index (χ3v) is 1.67. The summed E-state index contributed by atoms with van der Waals surface area (Å²) in [5, 5.41) is 7.12. The zero-order chi connectivity index (χ0) is 6.69. The minimum Gasteiger partial charge on any atom is -0.312 e. The first-order valence-corrected chi connectivity index (χ1v) is 3.37. The van der Waals surface area contributed by atoms with Crippen molar-refractivity contribution in [2.75, 3.05) is 0 Å². The molecule has 0 radical (unpaired) electrons. The molecule has 0 bridgehead atoms. The van der Waals surface area contributed by atoms with Gasteiger partial charge in [0.2, 0.25) is 0 Å². The maximum Gasteiger partial charge on any atom is 0.107 e. The number of rotatable bonds is 3. The minimum absolute atomic E-state index is 0.460. The van der Waals surface area contributed by atoms with Crippen LogP contribution >= 0.6 is 0 Å². The van der Waals surface area contributed by atoms with Gasteiger partial charge in [-0.05, 0) is 12.3 Å². The lowest BCUT2D eigenvalue weighted by Crippen LogP contribution is -2.29. The fourth-order valence-corrected chi connectivity index (χ4v) is 0.827. The molecule has 0 spiro atoms. The van der Waals surface area contributed by atoms with Gasteiger partial charge in [-0.15, -0.1) is 0 Å². The van der Waals surface area contributed by atoms with Gasteiger partial charge >= 0.3 is 0 Å². The van der Waals surface area contributed by atoms with E-state index in [4.69, 9.17) is 11.3 Å². The SMILES string of the molecule is N=C(CCC1CC1)NN. The van der Waals surface area contributed by atoms with Crippen molar-refractivity contribution in [1.29, 1.82) is 5.41 Å². The monoisotopic (exact) mass is 127 g/mol. The standard InChI is InChI=1S/C6H13N3/c7-6(9-8)4-3-5-1-2-5/h5H,1-4,8H2,(H2,7,9). The molecule has 0 aliphatic heterocycles. The molecule has 1 fully saturated rings. The highest BCUT2D eigenvalue weighted by molar-refractivity contribution is 5.78. The van der Waals surface area contributed by atoms with Gasteiger partial charge in [0.25, 0.3) is 0 Å². The molecule has 0 aromatic heterocycles. The van der Waals surface area contributed by atoms with Crippen molar-refractivity contribution in [2.24, 2.45) is 11.8 Å². The van der Waals surface area contributed by atoms with Crippen LogP contribution in [0.5, 0.6) is 0 Å². The molecule has 52 valence electrons. The first-order valence-electron chi connectivity index (χ1n) is 3.37. The molecule has 0 aromatic rings. The van der Waals surface area contributed by atoms with Crippen LogP contribution in [-0.2, 0) is 0 Å². The first-order chi connectivity index (χ1) is 4.33. The quantitative estimate of drug-likeness (QED) is 0.225. The molecule has 0 heterocycles. The largest absolute Gasteiger partial charge is 0.312 e. The van der Waals surface area contributed by atoms with E-state index in [1.807, 2.05) is 0 Å². The lowest BCUT2D eigenvalue weighted by molar-refractivity contribution is 0.740. The van der Waals surface area contributed by atoms with Crippen molar-refractivity contribution in [3.8, 4) is 0 Å². The van der Waals surface area contributed by atoms with Crippen LogP contribution in [0.15, 0.2) is 0 Å². The molecule has 3 nitrogen and oxygen atoms in total. The molecule has 1 rings (SSSR count). The molecule has 0 aromatic carbocycles. The molecule has 0 saturated heterocycles. The van der Waals surface area contributed by atoms with E-state index < -0.39 is 0 Å². The number of nitrogens with one attached hydrogen (secondary N) is 2. The van der Waals surface area contributed by atoms with Crippen LogP contribution in [0.3, 0.4) is 0 Å². The van der Waals surface area contributed by atoms with Crippen molar-refractivity contribution in [3.05, 3.63) is 0 Å². The van der Waals surface area contributed by atoms with Crippen LogP contribution in [0.2, 0.25) is 0 Å². The Morgan fingerprint density at radius 3 is 2.78 bits per heavy atom. The summed E-state index contributed by atoms with van der Waals surface area (Å²) >= 11 is 0. The molecule has 1 aliphatic carbocycles. The second-order valence-electron chi connectivity index (χ2n) is 2.60. The molecule has 0 amide bonds. The minimum atomic E-state index is 0.460. The van der Waals surface area contributed by atoms with E-state index in [9.17, 15) is 0 Å². The zero-order valence-electron chi connectivity index (χ0n) is 5.48. The predicted molar refractivity (Wildman–Crippen MR) is 37.0 cm³/mol. The van der Waals surface area contributed by atoms with Crippen LogP contribution in [0, 0.1) is 11.3 Å². The lowest BCUT2D eigenvalue weighted by Gasteiger charge is -1.99. The molecular formula is C6H13N3. The Labute approximate surface area is 55.1 Å². The number of hydrogen-bond acceptors (Lipinski definition) is 2. The Morgan fingerprint density at radius 1 is 1.67 bits per heavy atom. The van der Waals surface area contributed by atoms with Crippen molar-refractivity contribution in [1.82, 2.24) is 5.43 Å². The highest BCUT2D eigenvalue weighted by Gasteiger charge is 2.20. The fraction of sp³-hybridized carbons (Fsp3) is 0.833. The van der Waals surface area contributed by atoms with Gasteiger partial charge in [-0.25, -0.2) is 5.84 Å². The van der Waals surface area contributed by atoms with E-state index in [1.54, 1.807) is 0 Å². The third-order valence-electron chi connectivity index (χ3n) is 1.67. The average Bonchev–Trinajstić information content (AvgIpc) is 2.65. The van der Waals surface area contributed by atoms with Gasteiger partial charge in [0.15, 0.2) is 0 Å². The van der Waals surface area contributed by atoms with E-state index in [-0.39, 0.29) is 0 Å². The maximum atomic E-state index is 7.12. The van der Waals surface area contributed by atoms with Gasteiger partial charge in [-0.2, -0.15) is 0 Å². The Bertz CT molecular complexity index is 107. The Morgan fingerprint density at radius 2 is 2.33 bits per heavy atom. The smallest absolute Gasteiger partial charge is 0.107 e. The van der Waals surface area contributed by atoms with Crippen LogP contribution < -0.4 is 11.3 Å². The molecule has 3 heteroatoms. The highest BCUT2D eigenvalue weighted by Crippen LogP contribution is 2.33. The van der Waals surface area contributed by atoms with Gasteiger partial charge < -0.3 is 5.43 Å². The van der Waals surface area contributed by atoms with E-state index in [0.717, 1.165) is 18.8 Å². The van der Waals surface area contributed by atoms with Crippen molar-refractivity contribution in [2.45, 2.75) is 25.7 Å². The van der Waals surface area contributed by atoms with Crippen LogP contribution in [0.4, 0.5) is 0 Å². The number of hydrazine groups is 1. The molecule has 0 atom stereocenters. The van der Waals surface area contributed by atoms with Crippen molar-refractivity contribution in [3.63, 3.8) is 0 Å². The topological polar surface area (TPSA) is 61.9 Å². The third kappa shape index (κ3) is 2.46. The molecule has 0 unspecified atom stereocenters. The first kappa shape index (κ1) is 6.55. The van der Waals surface area contributed by atoms with Crippen molar-refractivity contribution >= 4 is 5.84 Å². The summed E-state index contributed by atoms with van der Waals surface area (Å²) in [6.07, 6.45) is 4.68. The Hall–Kier alpha value is -0.570. The summed E-state index contributed by atoms with van der Waals surface area (Å²) in [7, 11) is 0. The average molecular weight is 127 g/mol. The van der Waals surface area contributed by atoms with E-state index in [2.05, 4.69) is 5.43 Å². The van der Waals surface area contributed by atoms with Crippen molar-refractivity contribution < 1.29 is 0 Å². The Kier molecular flexibility index (Phi) is 2.05. The van der Waals surface area contributed by atoms with E-state index >= 15 is 0 Å². The number of amidine groups is 1. The summed E-state index contributed by atoms with van der Waals surface area (Å²) in [5.41, 5.74) is 2.33. The van der Waals surface area contributed by atoms with Gasteiger partial charge in [-0.3, -0.25) is 5.41 Å². The van der Waals surface area contributed by atoms with Crippen LogP contribution in [-0.4, -0.2) is 5.84 Å². The summed E-state index contributed by atoms with van der Waals surface area (Å²) in [6.45, 7) is 0. The second-order valence-corrected chi connectivity index (χ2v) is 2.60. The molecule has 4 N–H and O–H groups in total. The maximum absolute atomic E-state index is 7.12. The lowest BCUT2D eigenvalue weighted by atomic mass is 10.2.